The van der Waals surface area contributed by atoms with E-state index in [1.807, 2.05) is 30.9 Å². The topological polar surface area (TPSA) is 45.2 Å². The summed E-state index contributed by atoms with van der Waals surface area (Å²) in [6.07, 6.45) is 3.54. The zero-order chi connectivity index (χ0) is 10.8. The summed E-state index contributed by atoms with van der Waals surface area (Å²) in [6, 6.07) is 4.21. The largest absolute Gasteiger partial charge is 0.329 e. The monoisotopic (exact) mass is 205 g/mol. The molecule has 1 aliphatic rings. The van der Waals surface area contributed by atoms with E-state index >= 15 is 0 Å². The van der Waals surface area contributed by atoms with E-state index in [0.717, 1.165) is 12.1 Å². The van der Waals surface area contributed by atoms with Crippen LogP contribution in [0, 0.1) is 0 Å². The van der Waals surface area contributed by atoms with Crippen molar-refractivity contribution in [2.45, 2.75) is 25.9 Å². The fraction of sp³-hybridized carbons (Fsp3) is 0.455. The number of aromatic nitrogens is 1. The minimum atomic E-state index is 0.0128. The molecule has 15 heavy (non-hydrogen) atoms. The van der Waals surface area contributed by atoms with Crippen LogP contribution in [-0.2, 0) is 0 Å². The number of carbonyl (C=O) groups excluding carboxylic acids is 1. The molecule has 4 heteroatoms. The van der Waals surface area contributed by atoms with Crippen LogP contribution in [-0.4, -0.2) is 28.5 Å². The van der Waals surface area contributed by atoms with Crippen molar-refractivity contribution in [3.63, 3.8) is 0 Å². The fourth-order valence-electron chi connectivity index (χ4n) is 1.77. The van der Waals surface area contributed by atoms with Crippen LogP contribution < -0.4 is 5.32 Å². The first kappa shape index (κ1) is 9.96. The number of amides is 2. The Morgan fingerprint density at radius 1 is 1.60 bits per heavy atom. The van der Waals surface area contributed by atoms with Crippen LogP contribution in [0.4, 0.5) is 4.79 Å². The summed E-state index contributed by atoms with van der Waals surface area (Å²) >= 11 is 0. The van der Waals surface area contributed by atoms with Gasteiger partial charge in [-0.05, 0) is 25.5 Å². The third-order valence-electron chi connectivity index (χ3n) is 2.65. The highest BCUT2D eigenvalue weighted by molar-refractivity contribution is 5.77. The minimum absolute atomic E-state index is 0.0128. The number of hydrogen-bond acceptors (Lipinski definition) is 2. The molecule has 1 fully saturated rings. The highest BCUT2D eigenvalue weighted by Crippen LogP contribution is 2.20. The van der Waals surface area contributed by atoms with Crippen LogP contribution in [0.5, 0.6) is 0 Å². The van der Waals surface area contributed by atoms with Crippen molar-refractivity contribution in [2.24, 2.45) is 0 Å². The first-order valence-corrected chi connectivity index (χ1v) is 5.15. The maximum atomic E-state index is 11.6. The summed E-state index contributed by atoms with van der Waals surface area (Å²) in [4.78, 5) is 17.5. The minimum Gasteiger partial charge on any atom is -0.329 e. The summed E-state index contributed by atoms with van der Waals surface area (Å²) in [7, 11) is 0. The van der Waals surface area contributed by atoms with E-state index in [0.29, 0.717) is 0 Å². The third-order valence-corrected chi connectivity index (χ3v) is 2.65. The SMILES string of the molecule is CC(C)N1CC(c2cccnc2)NC1=O. The summed E-state index contributed by atoms with van der Waals surface area (Å²) in [6.45, 7) is 4.76. The van der Waals surface area contributed by atoms with Gasteiger partial charge in [0.1, 0.15) is 0 Å². The van der Waals surface area contributed by atoms with E-state index in [9.17, 15) is 4.79 Å². The maximum absolute atomic E-state index is 11.6. The molecule has 1 atom stereocenters. The fourth-order valence-corrected chi connectivity index (χ4v) is 1.77. The summed E-state index contributed by atoms with van der Waals surface area (Å²) in [5, 5.41) is 2.95. The lowest BCUT2D eigenvalue weighted by atomic mass is 10.1. The normalized spacial score (nSPS) is 20.9. The Labute approximate surface area is 89.3 Å². The van der Waals surface area contributed by atoms with Gasteiger partial charge in [0.25, 0.3) is 0 Å². The predicted molar refractivity (Wildman–Crippen MR) is 57.4 cm³/mol. The van der Waals surface area contributed by atoms with E-state index in [1.54, 1.807) is 12.4 Å². The molecule has 0 aromatic carbocycles. The van der Waals surface area contributed by atoms with Crippen LogP contribution in [0.1, 0.15) is 25.5 Å². The van der Waals surface area contributed by atoms with E-state index in [-0.39, 0.29) is 18.1 Å². The molecule has 0 bridgehead atoms. The van der Waals surface area contributed by atoms with Gasteiger partial charge in [-0.15, -0.1) is 0 Å². The molecule has 1 aliphatic heterocycles. The number of pyridine rings is 1. The van der Waals surface area contributed by atoms with Gasteiger partial charge in [-0.1, -0.05) is 6.07 Å². The first-order chi connectivity index (χ1) is 7.18. The summed E-state index contributed by atoms with van der Waals surface area (Å²) in [5.74, 6) is 0. The van der Waals surface area contributed by atoms with Crippen LogP contribution in [0.3, 0.4) is 0 Å². The quantitative estimate of drug-likeness (QED) is 0.796. The van der Waals surface area contributed by atoms with Crippen molar-refractivity contribution in [2.75, 3.05) is 6.54 Å². The van der Waals surface area contributed by atoms with Crippen LogP contribution in [0.2, 0.25) is 0 Å². The van der Waals surface area contributed by atoms with E-state index in [2.05, 4.69) is 10.3 Å². The number of hydrogen-bond donors (Lipinski definition) is 1. The molecular formula is C11H15N3O. The van der Waals surface area contributed by atoms with Crippen molar-refractivity contribution in [1.29, 1.82) is 0 Å². The predicted octanol–water partition coefficient (Wildman–Crippen LogP) is 1.56. The number of urea groups is 1. The Bertz CT molecular complexity index is 350. The third kappa shape index (κ3) is 1.93. The molecule has 0 saturated carbocycles. The number of rotatable bonds is 2. The van der Waals surface area contributed by atoms with Crippen molar-refractivity contribution in [3.8, 4) is 0 Å². The smallest absolute Gasteiger partial charge is 0.318 e. The molecule has 1 aromatic heterocycles. The molecule has 1 unspecified atom stereocenters. The highest BCUT2D eigenvalue weighted by atomic mass is 16.2. The zero-order valence-corrected chi connectivity index (χ0v) is 8.97. The molecule has 4 nitrogen and oxygen atoms in total. The molecular weight excluding hydrogens is 190 g/mol. The highest BCUT2D eigenvalue weighted by Gasteiger charge is 2.31. The van der Waals surface area contributed by atoms with Crippen molar-refractivity contribution in [1.82, 2.24) is 15.2 Å². The standard InChI is InChI=1S/C11H15N3O/c1-8(2)14-7-10(13-11(14)15)9-4-3-5-12-6-9/h3-6,8,10H,7H2,1-2H3,(H,13,15). The molecule has 1 N–H and O–H groups in total. The maximum Gasteiger partial charge on any atom is 0.318 e. The van der Waals surface area contributed by atoms with Gasteiger partial charge in [0.2, 0.25) is 0 Å². The molecule has 1 saturated heterocycles. The lowest BCUT2D eigenvalue weighted by molar-refractivity contribution is 0.206. The van der Waals surface area contributed by atoms with Gasteiger partial charge in [-0.3, -0.25) is 4.98 Å². The summed E-state index contributed by atoms with van der Waals surface area (Å²) in [5.41, 5.74) is 1.06. The summed E-state index contributed by atoms with van der Waals surface area (Å²) < 4.78 is 0. The van der Waals surface area contributed by atoms with Gasteiger partial charge >= 0.3 is 6.03 Å². The van der Waals surface area contributed by atoms with Crippen molar-refractivity contribution < 1.29 is 4.79 Å². The molecule has 1 aromatic rings. The molecule has 2 heterocycles. The number of carbonyl (C=O) groups is 1. The van der Waals surface area contributed by atoms with Gasteiger partial charge < -0.3 is 10.2 Å². The lowest BCUT2D eigenvalue weighted by Crippen LogP contribution is -2.33. The first-order valence-electron chi connectivity index (χ1n) is 5.15. The van der Waals surface area contributed by atoms with Crippen LogP contribution >= 0.6 is 0 Å². The Morgan fingerprint density at radius 2 is 2.40 bits per heavy atom. The van der Waals surface area contributed by atoms with Gasteiger partial charge in [0.05, 0.1) is 6.04 Å². The average Bonchev–Trinajstić information content (AvgIpc) is 2.62. The Kier molecular flexibility index (Phi) is 2.58. The number of nitrogens with zero attached hydrogens (tertiary/aromatic N) is 2. The van der Waals surface area contributed by atoms with E-state index in [1.165, 1.54) is 0 Å². The average molecular weight is 205 g/mol. The second-order valence-corrected chi connectivity index (χ2v) is 4.03. The Hall–Kier alpha value is -1.58. The second kappa shape index (κ2) is 3.88. The zero-order valence-electron chi connectivity index (χ0n) is 8.97. The lowest BCUT2D eigenvalue weighted by Gasteiger charge is -2.18. The Balaban J connectivity index is 2.13. The molecule has 0 spiro atoms. The number of nitrogens with one attached hydrogen (secondary N) is 1. The van der Waals surface area contributed by atoms with Crippen molar-refractivity contribution in [3.05, 3.63) is 30.1 Å². The molecule has 80 valence electrons. The Morgan fingerprint density at radius 3 is 2.93 bits per heavy atom. The van der Waals surface area contributed by atoms with Crippen molar-refractivity contribution >= 4 is 6.03 Å². The molecule has 2 amide bonds. The van der Waals surface area contributed by atoms with Crippen LogP contribution in [0.25, 0.3) is 0 Å². The molecule has 0 radical (unpaired) electrons. The second-order valence-electron chi connectivity index (χ2n) is 4.03. The van der Waals surface area contributed by atoms with E-state index < -0.39 is 0 Å². The van der Waals surface area contributed by atoms with E-state index in [4.69, 9.17) is 0 Å². The van der Waals surface area contributed by atoms with Gasteiger partial charge in [0.15, 0.2) is 0 Å². The van der Waals surface area contributed by atoms with Gasteiger partial charge in [-0.25, -0.2) is 4.79 Å². The molecule has 2 rings (SSSR count). The van der Waals surface area contributed by atoms with Gasteiger partial charge in [0, 0.05) is 25.0 Å². The van der Waals surface area contributed by atoms with Crippen LogP contribution in [0.15, 0.2) is 24.5 Å². The molecule has 0 aliphatic carbocycles. The van der Waals surface area contributed by atoms with Gasteiger partial charge in [-0.2, -0.15) is 0 Å².